The summed E-state index contributed by atoms with van der Waals surface area (Å²) >= 11 is 0. The molecular formula is C28H28N4O. The van der Waals surface area contributed by atoms with E-state index in [2.05, 4.69) is 53.5 Å². The highest BCUT2D eigenvalue weighted by molar-refractivity contribution is 6.11. The second kappa shape index (κ2) is 7.69. The summed E-state index contributed by atoms with van der Waals surface area (Å²) in [5.74, 6) is 0.930. The van der Waals surface area contributed by atoms with Crippen molar-refractivity contribution in [3.63, 3.8) is 0 Å². The average molecular weight is 437 g/mol. The second-order valence-electron chi connectivity index (χ2n) is 9.75. The fourth-order valence-corrected chi connectivity index (χ4v) is 4.36. The molecule has 0 aliphatic rings. The van der Waals surface area contributed by atoms with Crippen LogP contribution in [0.25, 0.3) is 21.9 Å². The molecule has 0 fully saturated rings. The van der Waals surface area contributed by atoms with E-state index < -0.39 is 0 Å². The standard InChI is InChI=1S/C28H28N4O/c1-18-30-23-14-21(7-9-24(23)31(18)5)27(33)26-15-20-6-8-22(28(2,3)4)16-25(20)32(26)17-19-10-12-29-13-11-19/h6-16H,17H2,1-5H3. The summed E-state index contributed by atoms with van der Waals surface area (Å²) in [5, 5.41) is 1.06. The topological polar surface area (TPSA) is 52.7 Å². The van der Waals surface area contributed by atoms with Gasteiger partial charge < -0.3 is 9.13 Å². The van der Waals surface area contributed by atoms with Crippen LogP contribution in [0.5, 0.6) is 0 Å². The zero-order valence-corrected chi connectivity index (χ0v) is 19.8. The molecule has 166 valence electrons. The van der Waals surface area contributed by atoms with Crippen LogP contribution in [0.2, 0.25) is 0 Å². The van der Waals surface area contributed by atoms with Gasteiger partial charge in [-0.2, -0.15) is 0 Å². The van der Waals surface area contributed by atoms with E-state index in [4.69, 9.17) is 0 Å². The molecule has 0 aliphatic carbocycles. The van der Waals surface area contributed by atoms with Gasteiger partial charge in [-0.3, -0.25) is 9.78 Å². The van der Waals surface area contributed by atoms with Gasteiger partial charge in [0.15, 0.2) is 0 Å². The van der Waals surface area contributed by atoms with E-state index >= 15 is 0 Å². The molecule has 0 N–H and O–H groups in total. The number of fused-ring (bicyclic) bond motifs is 2. The van der Waals surface area contributed by atoms with Gasteiger partial charge in [0, 0.05) is 42.5 Å². The van der Waals surface area contributed by atoms with Gasteiger partial charge in [0.05, 0.1) is 16.7 Å². The number of rotatable bonds is 4. The first-order chi connectivity index (χ1) is 15.7. The van der Waals surface area contributed by atoms with Crippen LogP contribution in [-0.4, -0.2) is 24.9 Å². The monoisotopic (exact) mass is 436 g/mol. The smallest absolute Gasteiger partial charge is 0.209 e. The Morgan fingerprint density at radius 3 is 2.42 bits per heavy atom. The molecule has 0 unspecified atom stereocenters. The van der Waals surface area contributed by atoms with E-state index in [1.165, 1.54) is 5.56 Å². The zero-order chi connectivity index (χ0) is 23.3. The van der Waals surface area contributed by atoms with Crippen LogP contribution in [0.3, 0.4) is 0 Å². The lowest BCUT2D eigenvalue weighted by Crippen LogP contribution is -2.13. The first-order valence-corrected chi connectivity index (χ1v) is 11.2. The Bertz CT molecular complexity index is 1500. The van der Waals surface area contributed by atoms with E-state index in [0.29, 0.717) is 17.8 Å². The third kappa shape index (κ3) is 3.74. The highest BCUT2D eigenvalue weighted by Gasteiger charge is 2.21. The van der Waals surface area contributed by atoms with E-state index in [0.717, 1.165) is 33.3 Å². The van der Waals surface area contributed by atoms with Gasteiger partial charge in [-0.15, -0.1) is 0 Å². The van der Waals surface area contributed by atoms with Gasteiger partial charge in [-0.25, -0.2) is 4.98 Å². The summed E-state index contributed by atoms with van der Waals surface area (Å²) in [4.78, 5) is 22.5. The minimum atomic E-state index is 0.00257. The predicted molar refractivity (Wildman–Crippen MR) is 133 cm³/mol. The number of ketones is 1. The molecule has 0 saturated carbocycles. The van der Waals surface area contributed by atoms with Gasteiger partial charge >= 0.3 is 0 Å². The number of benzene rings is 2. The lowest BCUT2D eigenvalue weighted by Gasteiger charge is -2.19. The molecule has 5 nitrogen and oxygen atoms in total. The first-order valence-electron chi connectivity index (χ1n) is 11.2. The molecular weight excluding hydrogens is 408 g/mol. The number of carbonyl (C=O) groups is 1. The van der Waals surface area contributed by atoms with Gasteiger partial charge in [0.25, 0.3) is 0 Å². The number of carbonyl (C=O) groups excluding carboxylic acids is 1. The summed E-state index contributed by atoms with van der Waals surface area (Å²) in [6, 6.07) is 18.3. The summed E-state index contributed by atoms with van der Waals surface area (Å²) in [6.45, 7) is 9.20. The normalized spacial score (nSPS) is 12.0. The number of nitrogens with zero attached hydrogens (tertiary/aromatic N) is 4. The molecule has 5 aromatic rings. The Morgan fingerprint density at radius 2 is 1.70 bits per heavy atom. The molecule has 5 heteroatoms. The average Bonchev–Trinajstić information content (AvgIpc) is 3.29. The van der Waals surface area contributed by atoms with Crippen molar-refractivity contribution < 1.29 is 4.79 Å². The zero-order valence-electron chi connectivity index (χ0n) is 19.8. The SMILES string of the molecule is Cc1nc2cc(C(=O)c3cc4ccc(C(C)(C)C)cc4n3Cc3ccncc3)ccc2n1C. The van der Waals surface area contributed by atoms with Gasteiger partial charge in [0.1, 0.15) is 5.82 Å². The highest BCUT2D eigenvalue weighted by Crippen LogP contribution is 2.30. The maximum atomic E-state index is 13.8. The van der Waals surface area contributed by atoms with Crippen molar-refractivity contribution >= 4 is 27.7 Å². The minimum absolute atomic E-state index is 0.00257. The van der Waals surface area contributed by atoms with Crippen LogP contribution in [0.4, 0.5) is 0 Å². The van der Waals surface area contributed by atoms with Gasteiger partial charge in [-0.1, -0.05) is 32.9 Å². The summed E-state index contributed by atoms with van der Waals surface area (Å²) in [5.41, 5.74) is 6.63. The van der Waals surface area contributed by atoms with Crippen molar-refractivity contribution in [2.24, 2.45) is 7.05 Å². The van der Waals surface area contributed by atoms with E-state index in [1.807, 2.05) is 54.9 Å². The predicted octanol–water partition coefficient (Wildman–Crippen LogP) is 5.81. The number of aromatic nitrogens is 4. The van der Waals surface area contributed by atoms with Crippen LogP contribution in [0.1, 0.15) is 53.8 Å². The fraction of sp³-hybridized carbons (Fsp3) is 0.250. The fourth-order valence-electron chi connectivity index (χ4n) is 4.36. The van der Waals surface area contributed by atoms with Crippen molar-refractivity contribution in [1.82, 2.24) is 19.1 Å². The van der Waals surface area contributed by atoms with Crippen molar-refractivity contribution in [1.29, 1.82) is 0 Å². The van der Waals surface area contributed by atoms with Crippen molar-refractivity contribution in [3.8, 4) is 0 Å². The molecule has 0 radical (unpaired) electrons. The summed E-state index contributed by atoms with van der Waals surface area (Å²) in [6.07, 6.45) is 3.58. The Morgan fingerprint density at radius 1 is 0.939 bits per heavy atom. The van der Waals surface area contributed by atoms with E-state index in [9.17, 15) is 4.79 Å². The maximum Gasteiger partial charge on any atom is 0.209 e. The Balaban J connectivity index is 1.67. The first kappa shape index (κ1) is 21.1. The molecule has 0 spiro atoms. The summed E-state index contributed by atoms with van der Waals surface area (Å²) in [7, 11) is 1.99. The van der Waals surface area contributed by atoms with E-state index in [1.54, 1.807) is 12.4 Å². The molecule has 3 aromatic heterocycles. The Labute approximate surface area is 193 Å². The third-order valence-electron chi connectivity index (χ3n) is 6.46. The second-order valence-corrected chi connectivity index (χ2v) is 9.75. The number of hydrogen-bond acceptors (Lipinski definition) is 3. The van der Waals surface area contributed by atoms with E-state index in [-0.39, 0.29) is 11.2 Å². The van der Waals surface area contributed by atoms with Gasteiger partial charge in [0.2, 0.25) is 5.78 Å². The Hall–Kier alpha value is -3.73. The molecule has 3 heterocycles. The molecule has 0 atom stereocenters. The van der Waals surface area contributed by atoms with Crippen LogP contribution in [0.15, 0.2) is 67.0 Å². The van der Waals surface area contributed by atoms with Crippen molar-refractivity contribution in [2.45, 2.75) is 39.7 Å². The number of imidazole rings is 1. The molecule has 5 rings (SSSR count). The number of hydrogen-bond donors (Lipinski definition) is 0. The number of pyridine rings is 1. The van der Waals surface area contributed by atoms with Crippen molar-refractivity contribution in [2.75, 3.05) is 0 Å². The van der Waals surface area contributed by atoms with Gasteiger partial charge in [-0.05, 0) is 65.9 Å². The van der Waals surface area contributed by atoms with Crippen LogP contribution in [-0.2, 0) is 19.0 Å². The Kier molecular flexibility index (Phi) is 4.93. The molecule has 0 amide bonds. The van der Waals surface area contributed by atoms with Crippen molar-refractivity contribution in [3.05, 3.63) is 95.2 Å². The van der Waals surface area contributed by atoms with Crippen LogP contribution < -0.4 is 0 Å². The van der Waals surface area contributed by atoms with Crippen LogP contribution in [0, 0.1) is 6.92 Å². The molecule has 33 heavy (non-hydrogen) atoms. The minimum Gasteiger partial charge on any atom is -0.333 e. The largest absolute Gasteiger partial charge is 0.333 e. The lowest BCUT2D eigenvalue weighted by molar-refractivity contribution is 0.103. The molecule has 2 aromatic carbocycles. The molecule has 0 bridgehead atoms. The number of aryl methyl sites for hydroxylation is 2. The third-order valence-corrected chi connectivity index (χ3v) is 6.46. The maximum absolute atomic E-state index is 13.8. The lowest BCUT2D eigenvalue weighted by atomic mass is 9.87. The highest BCUT2D eigenvalue weighted by atomic mass is 16.1. The molecule has 0 aliphatic heterocycles. The summed E-state index contributed by atoms with van der Waals surface area (Å²) < 4.78 is 4.17. The van der Waals surface area contributed by atoms with Crippen LogP contribution >= 0.6 is 0 Å². The molecule has 0 saturated heterocycles. The quantitative estimate of drug-likeness (QED) is 0.334.